The summed E-state index contributed by atoms with van der Waals surface area (Å²) in [5.41, 5.74) is 11.1. The number of nitrogens with zero attached hydrogens (tertiary/aromatic N) is 2. The van der Waals surface area contributed by atoms with Crippen LogP contribution < -0.4 is 5.73 Å². The summed E-state index contributed by atoms with van der Waals surface area (Å²) < 4.78 is 2.16. The number of nitrogens with two attached hydrogens (primary N) is 1. The van der Waals surface area contributed by atoms with Gasteiger partial charge in [-0.15, -0.1) is 0 Å². The number of benzene rings is 1. The standard InChI is InChI=1S/C15H19N3/c1-18-14(10-17-15(18)7-8-16)13-6-5-11-3-2-4-12(11)9-13/h5-6,9-10H,2-4,7-8,16H2,1H3. The fourth-order valence-corrected chi connectivity index (χ4v) is 2.81. The lowest BCUT2D eigenvalue weighted by atomic mass is 10.0. The SMILES string of the molecule is Cn1c(-c2ccc3c(c2)CCC3)cnc1CCN. The third-order valence-corrected chi connectivity index (χ3v) is 3.85. The second-order valence-corrected chi connectivity index (χ2v) is 4.99. The van der Waals surface area contributed by atoms with E-state index in [9.17, 15) is 0 Å². The molecule has 0 bridgehead atoms. The quantitative estimate of drug-likeness (QED) is 0.894. The zero-order chi connectivity index (χ0) is 12.5. The van der Waals surface area contributed by atoms with Crippen LogP contribution >= 0.6 is 0 Å². The summed E-state index contributed by atoms with van der Waals surface area (Å²) in [6.45, 7) is 0.647. The van der Waals surface area contributed by atoms with Gasteiger partial charge in [-0.1, -0.05) is 12.1 Å². The maximum Gasteiger partial charge on any atom is 0.110 e. The Morgan fingerprint density at radius 3 is 2.94 bits per heavy atom. The normalized spacial score (nSPS) is 13.9. The molecule has 0 saturated carbocycles. The molecule has 1 heterocycles. The molecule has 0 atom stereocenters. The largest absolute Gasteiger partial charge is 0.331 e. The van der Waals surface area contributed by atoms with Gasteiger partial charge < -0.3 is 10.3 Å². The predicted molar refractivity (Wildman–Crippen MR) is 73.4 cm³/mol. The number of imidazole rings is 1. The zero-order valence-corrected chi connectivity index (χ0v) is 10.8. The summed E-state index contributed by atoms with van der Waals surface area (Å²) in [7, 11) is 2.07. The summed E-state index contributed by atoms with van der Waals surface area (Å²) in [6.07, 6.45) is 6.54. The van der Waals surface area contributed by atoms with Crippen molar-refractivity contribution in [2.75, 3.05) is 6.54 Å². The first kappa shape index (κ1) is 11.5. The van der Waals surface area contributed by atoms with E-state index in [2.05, 4.69) is 34.8 Å². The summed E-state index contributed by atoms with van der Waals surface area (Å²) >= 11 is 0. The van der Waals surface area contributed by atoms with Gasteiger partial charge in [0.05, 0.1) is 11.9 Å². The molecule has 18 heavy (non-hydrogen) atoms. The highest BCUT2D eigenvalue weighted by Crippen LogP contribution is 2.28. The Morgan fingerprint density at radius 1 is 1.28 bits per heavy atom. The van der Waals surface area contributed by atoms with Crippen molar-refractivity contribution in [3.63, 3.8) is 0 Å². The van der Waals surface area contributed by atoms with Gasteiger partial charge in [-0.3, -0.25) is 0 Å². The highest BCUT2D eigenvalue weighted by atomic mass is 15.1. The van der Waals surface area contributed by atoms with Crippen LogP contribution in [0.5, 0.6) is 0 Å². The summed E-state index contributed by atoms with van der Waals surface area (Å²) in [5.74, 6) is 1.06. The monoisotopic (exact) mass is 241 g/mol. The van der Waals surface area contributed by atoms with E-state index in [1.165, 1.54) is 41.6 Å². The van der Waals surface area contributed by atoms with Crippen LogP contribution in [0.15, 0.2) is 24.4 Å². The van der Waals surface area contributed by atoms with Crippen LogP contribution in [0.25, 0.3) is 11.3 Å². The summed E-state index contributed by atoms with van der Waals surface area (Å²) in [6, 6.07) is 6.81. The van der Waals surface area contributed by atoms with E-state index in [1.54, 1.807) is 0 Å². The minimum Gasteiger partial charge on any atom is -0.331 e. The number of aryl methyl sites for hydroxylation is 2. The molecule has 3 rings (SSSR count). The maximum atomic E-state index is 5.60. The Balaban J connectivity index is 1.99. The van der Waals surface area contributed by atoms with Gasteiger partial charge in [0, 0.05) is 19.0 Å². The van der Waals surface area contributed by atoms with Crippen molar-refractivity contribution in [2.45, 2.75) is 25.7 Å². The highest BCUT2D eigenvalue weighted by molar-refractivity contribution is 5.62. The van der Waals surface area contributed by atoms with Crippen molar-refractivity contribution >= 4 is 0 Å². The van der Waals surface area contributed by atoms with E-state index in [0.29, 0.717) is 6.54 Å². The minimum absolute atomic E-state index is 0.647. The maximum absolute atomic E-state index is 5.60. The Bertz CT molecular complexity index is 569. The average Bonchev–Trinajstić information content (AvgIpc) is 2.97. The van der Waals surface area contributed by atoms with Crippen LogP contribution in [0.1, 0.15) is 23.4 Å². The molecule has 0 amide bonds. The number of fused-ring (bicyclic) bond motifs is 1. The van der Waals surface area contributed by atoms with Gasteiger partial charge in [0.15, 0.2) is 0 Å². The van der Waals surface area contributed by atoms with Crippen LogP contribution in [0.3, 0.4) is 0 Å². The van der Waals surface area contributed by atoms with Crippen LogP contribution in [0.4, 0.5) is 0 Å². The Labute approximate surface area is 108 Å². The topological polar surface area (TPSA) is 43.8 Å². The van der Waals surface area contributed by atoms with Crippen LogP contribution in [-0.4, -0.2) is 16.1 Å². The van der Waals surface area contributed by atoms with Crippen molar-refractivity contribution in [3.8, 4) is 11.3 Å². The van der Waals surface area contributed by atoms with Gasteiger partial charge in [-0.25, -0.2) is 4.98 Å². The molecule has 1 aromatic heterocycles. The smallest absolute Gasteiger partial charge is 0.110 e. The first-order chi connectivity index (χ1) is 8.79. The summed E-state index contributed by atoms with van der Waals surface area (Å²) in [5, 5.41) is 0. The van der Waals surface area contributed by atoms with E-state index in [1.807, 2.05) is 6.20 Å². The molecule has 1 aliphatic carbocycles. The fraction of sp³-hybridized carbons (Fsp3) is 0.400. The van der Waals surface area contributed by atoms with Crippen LogP contribution in [0, 0.1) is 0 Å². The third kappa shape index (κ3) is 1.85. The molecule has 0 radical (unpaired) electrons. The molecule has 0 unspecified atom stereocenters. The van der Waals surface area contributed by atoms with Gasteiger partial charge in [0.1, 0.15) is 5.82 Å². The van der Waals surface area contributed by atoms with Crippen molar-refractivity contribution < 1.29 is 0 Å². The molecule has 1 aliphatic rings. The minimum atomic E-state index is 0.647. The van der Waals surface area contributed by atoms with E-state index in [0.717, 1.165) is 12.2 Å². The predicted octanol–water partition coefficient (Wildman–Crippen LogP) is 2.08. The Morgan fingerprint density at radius 2 is 2.11 bits per heavy atom. The summed E-state index contributed by atoms with van der Waals surface area (Å²) in [4.78, 5) is 4.46. The number of hydrogen-bond donors (Lipinski definition) is 1. The first-order valence-electron chi connectivity index (χ1n) is 6.62. The molecule has 94 valence electrons. The van der Waals surface area contributed by atoms with Gasteiger partial charge in [0.2, 0.25) is 0 Å². The van der Waals surface area contributed by atoms with Gasteiger partial charge in [-0.05, 0) is 43.0 Å². The van der Waals surface area contributed by atoms with Gasteiger partial charge >= 0.3 is 0 Å². The lowest BCUT2D eigenvalue weighted by molar-refractivity contribution is 0.782. The number of rotatable bonds is 3. The molecule has 0 aliphatic heterocycles. The number of hydrogen-bond acceptors (Lipinski definition) is 2. The fourth-order valence-electron chi connectivity index (χ4n) is 2.81. The lowest BCUT2D eigenvalue weighted by Gasteiger charge is -2.07. The molecule has 0 saturated heterocycles. The van der Waals surface area contributed by atoms with Crippen molar-refractivity contribution in [1.29, 1.82) is 0 Å². The lowest BCUT2D eigenvalue weighted by Crippen LogP contribution is -2.08. The van der Waals surface area contributed by atoms with Gasteiger partial charge in [-0.2, -0.15) is 0 Å². The molecule has 3 heteroatoms. The van der Waals surface area contributed by atoms with E-state index < -0.39 is 0 Å². The van der Waals surface area contributed by atoms with Crippen molar-refractivity contribution in [2.24, 2.45) is 12.8 Å². The second-order valence-electron chi connectivity index (χ2n) is 4.99. The molecule has 2 aromatic rings. The Kier molecular flexibility index (Phi) is 2.92. The van der Waals surface area contributed by atoms with Gasteiger partial charge in [0.25, 0.3) is 0 Å². The molecule has 2 N–H and O–H groups in total. The molecular formula is C15H19N3. The molecule has 0 fully saturated rings. The molecule has 1 aromatic carbocycles. The molecule has 3 nitrogen and oxygen atoms in total. The van der Waals surface area contributed by atoms with Crippen molar-refractivity contribution in [1.82, 2.24) is 9.55 Å². The Hall–Kier alpha value is -1.61. The third-order valence-electron chi connectivity index (χ3n) is 3.85. The second kappa shape index (κ2) is 4.58. The van der Waals surface area contributed by atoms with E-state index in [4.69, 9.17) is 5.73 Å². The van der Waals surface area contributed by atoms with Crippen LogP contribution in [-0.2, 0) is 26.3 Å². The van der Waals surface area contributed by atoms with E-state index >= 15 is 0 Å². The average molecular weight is 241 g/mol. The zero-order valence-electron chi connectivity index (χ0n) is 10.8. The molecule has 0 spiro atoms. The van der Waals surface area contributed by atoms with Crippen molar-refractivity contribution in [3.05, 3.63) is 41.3 Å². The number of aromatic nitrogens is 2. The highest BCUT2D eigenvalue weighted by Gasteiger charge is 2.13. The molecular weight excluding hydrogens is 222 g/mol. The van der Waals surface area contributed by atoms with E-state index in [-0.39, 0.29) is 0 Å². The van der Waals surface area contributed by atoms with Crippen LogP contribution in [0.2, 0.25) is 0 Å². The first-order valence-corrected chi connectivity index (χ1v) is 6.62.